The number of rotatable bonds is 7. The van der Waals surface area contributed by atoms with Gasteiger partial charge in [-0.05, 0) is 25.1 Å². The Morgan fingerprint density at radius 3 is 3.07 bits per heavy atom. The number of fused-ring (bicyclic) bond motifs is 1. The molecule has 1 aliphatic rings. The van der Waals surface area contributed by atoms with Gasteiger partial charge in [0, 0.05) is 38.4 Å². The summed E-state index contributed by atoms with van der Waals surface area (Å²) in [5, 5.41) is 10.6. The van der Waals surface area contributed by atoms with Gasteiger partial charge in [-0.3, -0.25) is 4.98 Å². The number of anilines is 1. The summed E-state index contributed by atoms with van der Waals surface area (Å²) in [6, 6.07) is 5.73. The topological polar surface area (TPSA) is 111 Å². The van der Waals surface area contributed by atoms with Gasteiger partial charge in [0.2, 0.25) is 5.89 Å². The molecule has 0 saturated carbocycles. The van der Waals surface area contributed by atoms with E-state index in [4.69, 9.17) is 19.2 Å². The molecular formula is C18H21N7O2. The van der Waals surface area contributed by atoms with E-state index in [0.717, 1.165) is 42.3 Å². The minimum absolute atomic E-state index is 0.344. The maximum atomic E-state index is 5.23. The standard InChI is InChI=1S/C18H21N7O2/c1-26-11-15-23-16(27-25-15)6-9-21-17-12-5-8-19-10-14(12)22-18(24-17)13-4-2-3-7-20-13/h2-4,7,19H,5-6,8-11H2,1H3,(H,21,22,24). The molecule has 2 N–H and O–H groups in total. The van der Waals surface area contributed by atoms with Crippen LogP contribution in [0.25, 0.3) is 11.5 Å². The van der Waals surface area contributed by atoms with Crippen molar-refractivity contribution in [1.82, 2.24) is 30.4 Å². The van der Waals surface area contributed by atoms with Gasteiger partial charge in [-0.15, -0.1) is 0 Å². The number of methoxy groups -OCH3 is 1. The van der Waals surface area contributed by atoms with Crippen LogP contribution in [-0.2, 0) is 30.7 Å². The fourth-order valence-corrected chi connectivity index (χ4v) is 2.98. The molecule has 0 aliphatic carbocycles. The van der Waals surface area contributed by atoms with Gasteiger partial charge >= 0.3 is 0 Å². The summed E-state index contributed by atoms with van der Waals surface area (Å²) in [5.41, 5.74) is 2.92. The van der Waals surface area contributed by atoms with E-state index in [-0.39, 0.29) is 0 Å². The van der Waals surface area contributed by atoms with E-state index in [1.165, 1.54) is 0 Å². The van der Waals surface area contributed by atoms with Gasteiger partial charge in [-0.2, -0.15) is 4.98 Å². The summed E-state index contributed by atoms with van der Waals surface area (Å²) in [5.74, 6) is 2.60. The predicted molar refractivity (Wildman–Crippen MR) is 97.9 cm³/mol. The summed E-state index contributed by atoms with van der Waals surface area (Å²) in [4.78, 5) is 18.1. The molecule has 3 aromatic rings. The van der Waals surface area contributed by atoms with E-state index in [1.807, 2.05) is 18.2 Å². The van der Waals surface area contributed by atoms with Gasteiger partial charge in [0.05, 0.1) is 5.69 Å². The SMILES string of the molecule is COCc1noc(CCNc2nc(-c3ccccn3)nc3c2CCNC3)n1. The summed E-state index contributed by atoms with van der Waals surface area (Å²) in [6.45, 7) is 2.62. The highest BCUT2D eigenvalue weighted by atomic mass is 16.5. The zero-order valence-electron chi connectivity index (χ0n) is 15.1. The number of aromatic nitrogens is 5. The molecule has 0 radical (unpaired) electrons. The second kappa shape index (κ2) is 8.19. The lowest BCUT2D eigenvalue weighted by Crippen LogP contribution is -2.27. The molecule has 0 amide bonds. The van der Waals surface area contributed by atoms with Gasteiger partial charge in [0.1, 0.15) is 18.1 Å². The minimum atomic E-state index is 0.344. The second-order valence-electron chi connectivity index (χ2n) is 6.18. The van der Waals surface area contributed by atoms with Crippen LogP contribution in [0.4, 0.5) is 5.82 Å². The molecule has 9 nitrogen and oxygen atoms in total. The van der Waals surface area contributed by atoms with E-state index in [0.29, 0.717) is 37.1 Å². The van der Waals surface area contributed by atoms with Crippen molar-refractivity contribution in [3.8, 4) is 11.5 Å². The predicted octanol–water partition coefficient (Wildman–Crippen LogP) is 1.37. The normalized spacial score (nSPS) is 13.4. The van der Waals surface area contributed by atoms with Crippen molar-refractivity contribution in [3.63, 3.8) is 0 Å². The average molecular weight is 367 g/mol. The first-order chi connectivity index (χ1) is 13.3. The third kappa shape index (κ3) is 4.09. The van der Waals surface area contributed by atoms with Crippen LogP contribution in [0.2, 0.25) is 0 Å². The average Bonchev–Trinajstić information content (AvgIpc) is 3.16. The number of pyridine rings is 1. The highest BCUT2D eigenvalue weighted by Crippen LogP contribution is 2.24. The zero-order chi connectivity index (χ0) is 18.5. The van der Waals surface area contributed by atoms with E-state index in [1.54, 1.807) is 13.3 Å². The molecule has 0 atom stereocenters. The lowest BCUT2D eigenvalue weighted by molar-refractivity contribution is 0.174. The molecule has 3 aromatic heterocycles. The molecule has 0 unspecified atom stereocenters. The number of nitrogens with one attached hydrogen (secondary N) is 2. The molecular weight excluding hydrogens is 346 g/mol. The van der Waals surface area contributed by atoms with Crippen LogP contribution in [0.1, 0.15) is 23.0 Å². The van der Waals surface area contributed by atoms with Crippen LogP contribution in [0.3, 0.4) is 0 Å². The molecule has 27 heavy (non-hydrogen) atoms. The first kappa shape index (κ1) is 17.5. The van der Waals surface area contributed by atoms with E-state index >= 15 is 0 Å². The molecule has 0 fully saturated rings. The smallest absolute Gasteiger partial charge is 0.228 e. The van der Waals surface area contributed by atoms with Crippen molar-refractivity contribution in [1.29, 1.82) is 0 Å². The minimum Gasteiger partial charge on any atom is -0.377 e. The Balaban J connectivity index is 1.52. The van der Waals surface area contributed by atoms with Crippen molar-refractivity contribution in [2.75, 3.05) is 25.5 Å². The van der Waals surface area contributed by atoms with Crippen LogP contribution in [0.15, 0.2) is 28.9 Å². The molecule has 4 rings (SSSR count). The van der Waals surface area contributed by atoms with Gasteiger partial charge in [0.25, 0.3) is 0 Å². The Kier molecular flexibility index (Phi) is 5.31. The van der Waals surface area contributed by atoms with Crippen LogP contribution in [0, 0.1) is 0 Å². The van der Waals surface area contributed by atoms with E-state index in [2.05, 4.69) is 25.8 Å². The first-order valence-corrected chi connectivity index (χ1v) is 8.89. The Bertz CT molecular complexity index is 898. The van der Waals surface area contributed by atoms with Crippen molar-refractivity contribution in [3.05, 3.63) is 47.4 Å². The number of hydrogen-bond acceptors (Lipinski definition) is 9. The number of hydrogen-bond donors (Lipinski definition) is 2. The van der Waals surface area contributed by atoms with Gasteiger partial charge in [-0.1, -0.05) is 11.2 Å². The van der Waals surface area contributed by atoms with Crippen molar-refractivity contribution in [2.24, 2.45) is 0 Å². The Hall–Kier alpha value is -2.91. The van der Waals surface area contributed by atoms with Crippen molar-refractivity contribution < 1.29 is 9.26 Å². The van der Waals surface area contributed by atoms with Crippen LogP contribution in [0.5, 0.6) is 0 Å². The van der Waals surface area contributed by atoms with Crippen molar-refractivity contribution in [2.45, 2.75) is 26.0 Å². The van der Waals surface area contributed by atoms with Crippen LogP contribution >= 0.6 is 0 Å². The Morgan fingerprint density at radius 1 is 1.26 bits per heavy atom. The molecule has 0 spiro atoms. The van der Waals surface area contributed by atoms with E-state index in [9.17, 15) is 0 Å². The highest BCUT2D eigenvalue weighted by Gasteiger charge is 2.18. The molecule has 4 heterocycles. The summed E-state index contributed by atoms with van der Waals surface area (Å²) in [7, 11) is 1.60. The van der Waals surface area contributed by atoms with Gasteiger partial charge in [-0.25, -0.2) is 9.97 Å². The van der Waals surface area contributed by atoms with E-state index < -0.39 is 0 Å². The van der Waals surface area contributed by atoms with Crippen LogP contribution in [-0.4, -0.2) is 45.3 Å². The Morgan fingerprint density at radius 2 is 2.22 bits per heavy atom. The van der Waals surface area contributed by atoms with Gasteiger partial charge in [0.15, 0.2) is 11.6 Å². The maximum absolute atomic E-state index is 5.23. The lowest BCUT2D eigenvalue weighted by Gasteiger charge is -2.20. The maximum Gasteiger partial charge on any atom is 0.228 e. The number of ether oxygens (including phenoxy) is 1. The molecule has 0 aromatic carbocycles. The molecule has 9 heteroatoms. The summed E-state index contributed by atoms with van der Waals surface area (Å²) in [6.07, 6.45) is 3.24. The fraction of sp³-hybridized carbons (Fsp3) is 0.389. The molecule has 0 bridgehead atoms. The fourth-order valence-electron chi connectivity index (χ4n) is 2.98. The number of nitrogens with zero attached hydrogens (tertiary/aromatic N) is 5. The van der Waals surface area contributed by atoms with Crippen LogP contribution < -0.4 is 10.6 Å². The summed E-state index contributed by atoms with van der Waals surface area (Å²) < 4.78 is 10.2. The first-order valence-electron chi connectivity index (χ1n) is 8.89. The lowest BCUT2D eigenvalue weighted by atomic mass is 10.1. The monoisotopic (exact) mass is 367 g/mol. The Labute approximate surface area is 156 Å². The van der Waals surface area contributed by atoms with Gasteiger partial charge < -0.3 is 19.9 Å². The summed E-state index contributed by atoms with van der Waals surface area (Å²) >= 11 is 0. The second-order valence-corrected chi connectivity index (χ2v) is 6.18. The third-order valence-electron chi connectivity index (χ3n) is 4.25. The molecule has 0 saturated heterocycles. The largest absolute Gasteiger partial charge is 0.377 e. The zero-order valence-corrected chi connectivity index (χ0v) is 15.1. The van der Waals surface area contributed by atoms with Crippen molar-refractivity contribution >= 4 is 5.82 Å². The third-order valence-corrected chi connectivity index (χ3v) is 4.25. The highest BCUT2D eigenvalue weighted by molar-refractivity contribution is 5.57. The molecule has 1 aliphatic heterocycles. The molecule has 140 valence electrons. The quantitative estimate of drug-likeness (QED) is 0.639.